The van der Waals surface area contributed by atoms with E-state index < -0.39 is 10.0 Å². The van der Waals surface area contributed by atoms with Gasteiger partial charge in [-0.3, -0.25) is 0 Å². The van der Waals surface area contributed by atoms with E-state index in [1.165, 1.54) is 6.07 Å². The van der Waals surface area contributed by atoms with E-state index in [0.29, 0.717) is 13.2 Å². The first kappa shape index (κ1) is 15.3. The van der Waals surface area contributed by atoms with Crippen LogP contribution >= 0.6 is 27.5 Å². The molecule has 106 valence electrons. The third-order valence-corrected chi connectivity index (χ3v) is 5.73. The van der Waals surface area contributed by atoms with Crippen LogP contribution in [-0.2, 0) is 14.8 Å². The van der Waals surface area contributed by atoms with Gasteiger partial charge in [-0.1, -0.05) is 27.5 Å². The second-order valence-electron chi connectivity index (χ2n) is 4.61. The summed E-state index contributed by atoms with van der Waals surface area (Å²) in [4.78, 5) is 0.100. The lowest BCUT2D eigenvalue weighted by Gasteiger charge is -2.19. The number of hydrogen-bond acceptors (Lipinski definition) is 3. The summed E-state index contributed by atoms with van der Waals surface area (Å²) < 4.78 is 33.2. The number of hydrogen-bond donors (Lipinski definition) is 1. The maximum atomic E-state index is 12.3. The van der Waals surface area contributed by atoms with Gasteiger partial charge in [0, 0.05) is 23.0 Å². The van der Waals surface area contributed by atoms with E-state index in [2.05, 4.69) is 20.7 Å². The van der Waals surface area contributed by atoms with Gasteiger partial charge in [-0.2, -0.15) is 0 Å². The molecule has 1 aromatic rings. The van der Waals surface area contributed by atoms with Crippen molar-refractivity contribution in [1.29, 1.82) is 0 Å². The molecule has 0 aliphatic carbocycles. The molecule has 1 heterocycles. The van der Waals surface area contributed by atoms with Crippen molar-refractivity contribution in [2.75, 3.05) is 13.2 Å². The molecule has 1 N–H and O–H groups in total. The van der Waals surface area contributed by atoms with Crippen molar-refractivity contribution >= 4 is 37.6 Å². The summed E-state index contributed by atoms with van der Waals surface area (Å²) >= 11 is 9.23. The van der Waals surface area contributed by atoms with E-state index in [4.69, 9.17) is 16.3 Å². The minimum absolute atomic E-state index is 0.100. The first-order valence-electron chi connectivity index (χ1n) is 5.95. The van der Waals surface area contributed by atoms with Gasteiger partial charge in [-0.25, -0.2) is 13.1 Å². The maximum absolute atomic E-state index is 12.3. The number of nitrogens with one attached hydrogen (secondary N) is 1. The van der Waals surface area contributed by atoms with Gasteiger partial charge in [-0.15, -0.1) is 0 Å². The first-order chi connectivity index (χ1) is 8.90. The fourth-order valence-corrected chi connectivity index (χ4v) is 4.39. The van der Waals surface area contributed by atoms with Crippen molar-refractivity contribution in [3.05, 3.63) is 27.7 Å². The molecule has 2 atom stereocenters. The molecule has 4 nitrogen and oxygen atoms in total. The highest BCUT2D eigenvalue weighted by Crippen LogP contribution is 2.26. The quantitative estimate of drug-likeness (QED) is 0.889. The summed E-state index contributed by atoms with van der Waals surface area (Å²) in [5.41, 5.74) is 0. The average Bonchev–Trinajstić information content (AvgIpc) is 2.80. The zero-order chi connectivity index (χ0) is 14.0. The SMILES string of the molecule is CC(NS(=O)(=O)c1ccc(Br)cc1Cl)C1CCOC1. The van der Waals surface area contributed by atoms with Crippen LogP contribution in [-0.4, -0.2) is 27.7 Å². The predicted molar refractivity (Wildman–Crippen MR) is 77.9 cm³/mol. The largest absolute Gasteiger partial charge is 0.381 e. The van der Waals surface area contributed by atoms with E-state index in [0.717, 1.165) is 10.9 Å². The third kappa shape index (κ3) is 3.70. The highest BCUT2D eigenvalue weighted by molar-refractivity contribution is 9.10. The number of halogens is 2. The number of rotatable bonds is 4. The molecule has 0 spiro atoms. The first-order valence-corrected chi connectivity index (χ1v) is 8.60. The predicted octanol–water partition coefficient (Wildman–Crippen LogP) is 2.81. The lowest BCUT2D eigenvalue weighted by Crippen LogP contribution is -2.38. The van der Waals surface area contributed by atoms with Crippen LogP contribution in [0.1, 0.15) is 13.3 Å². The summed E-state index contributed by atoms with van der Waals surface area (Å²) in [5, 5.41) is 0.205. The normalized spacial score (nSPS) is 21.5. The van der Waals surface area contributed by atoms with Gasteiger partial charge in [0.25, 0.3) is 0 Å². The van der Waals surface area contributed by atoms with Crippen LogP contribution in [0.5, 0.6) is 0 Å². The molecule has 0 bridgehead atoms. The Hall–Kier alpha value is -0.140. The lowest BCUT2D eigenvalue weighted by atomic mass is 10.0. The smallest absolute Gasteiger partial charge is 0.242 e. The Kier molecular flexibility index (Phi) is 4.89. The fourth-order valence-electron chi connectivity index (χ4n) is 2.04. The van der Waals surface area contributed by atoms with Crippen LogP contribution in [0.2, 0.25) is 5.02 Å². The van der Waals surface area contributed by atoms with Gasteiger partial charge in [0.2, 0.25) is 10.0 Å². The molecule has 2 unspecified atom stereocenters. The second kappa shape index (κ2) is 6.10. The molecule has 1 aliphatic heterocycles. The Morgan fingerprint density at radius 2 is 2.26 bits per heavy atom. The molecule has 2 rings (SSSR count). The van der Waals surface area contributed by atoms with E-state index in [1.54, 1.807) is 12.1 Å². The Balaban J connectivity index is 2.17. The number of ether oxygens (including phenoxy) is 1. The second-order valence-corrected chi connectivity index (χ2v) is 7.61. The van der Waals surface area contributed by atoms with Gasteiger partial charge in [0.15, 0.2) is 0 Å². The van der Waals surface area contributed by atoms with Crippen LogP contribution in [0, 0.1) is 5.92 Å². The Labute approximate surface area is 126 Å². The Morgan fingerprint density at radius 1 is 1.53 bits per heavy atom. The van der Waals surface area contributed by atoms with Crippen LogP contribution in [0.3, 0.4) is 0 Å². The van der Waals surface area contributed by atoms with Crippen molar-refractivity contribution in [2.45, 2.75) is 24.3 Å². The monoisotopic (exact) mass is 367 g/mol. The number of sulfonamides is 1. The minimum Gasteiger partial charge on any atom is -0.381 e. The van der Waals surface area contributed by atoms with Crippen molar-refractivity contribution in [3.8, 4) is 0 Å². The van der Waals surface area contributed by atoms with Crippen LogP contribution in [0.25, 0.3) is 0 Å². The van der Waals surface area contributed by atoms with E-state index in [1.807, 2.05) is 6.92 Å². The van der Waals surface area contributed by atoms with Crippen LogP contribution in [0.15, 0.2) is 27.6 Å². The van der Waals surface area contributed by atoms with Gasteiger partial charge in [0.1, 0.15) is 4.90 Å². The molecule has 0 amide bonds. The summed E-state index contributed by atoms with van der Waals surface area (Å²) in [5.74, 6) is 0.212. The molecular formula is C12H15BrClNO3S. The van der Waals surface area contributed by atoms with Gasteiger partial charge in [0.05, 0.1) is 11.6 Å². The zero-order valence-corrected chi connectivity index (χ0v) is 13.6. The van der Waals surface area contributed by atoms with Gasteiger partial charge >= 0.3 is 0 Å². The van der Waals surface area contributed by atoms with Crippen molar-refractivity contribution in [2.24, 2.45) is 5.92 Å². The summed E-state index contributed by atoms with van der Waals surface area (Å²) in [6.07, 6.45) is 0.873. The molecule has 1 saturated heterocycles. The molecule has 1 fully saturated rings. The molecule has 1 aliphatic rings. The minimum atomic E-state index is -3.60. The zero-order valence-electron chi connectivity index (χ0n) is 10.4. The topological polar surface area (TPSA) is 55.4 Å². The summed E-state index contributed by atoms with van der Waals surface area (Å²) in [6.45, 7) is 3.14. The molecule has 0 saturated carbocycles. The lowest BCUT2D eigenvalue weighted by molar-refractivity contribution is 0.180. The highest BCUT2D eigenvalue weighted by atomic mass is 79.9. The maximum Gasteiger partial charge on any atom is 0.242 e. The highest BCUT2D eigenvalue weighted by Gasteiger charge is 2.27. The molecule has 7 heteroatoms. The van der Waals surface area contributed by atoms with Gasteiger partial charge in [-0.05, 0) is 31.5 Å². The number of benzene rings is 1. The van der Waals surface area contributed by atoms with Crippen molar-refractivity contribution in [3.63, 3.8) is 0 Å². The summed E-state index contributed by atoms with van der Waals surface area (Å²) in [6, 6.07) is 4.54. The molecular weight excluding hydrogens is 354 g/mol. The molecule has 19 heavy (non-hydrogen) atoms. The van der Waals surface area contributed by atoms with E-state index >= 15 is 0 Å². The fraction of sp³-hybridized carbons (Fsp3) is 0.500. The van der Waals surface area contributed by atoms with E-state index in [9.17, 15) is 8.42 Å². The summed E-state index contributed by atoms with van der Waals surface area (Å²) in [7, 11) is -3.60. The van der Waals surface area contributed by atoms with Crippen LogP contribution < -0.4 is 4.72 Å². The average molecular weight is 369 g/mol. The van der Waals surface area contributed by atoms with Crippen molar-refractivity contribution in [1.82, 2.24) is 4.72 Å². The standard InChI is InChI=1S/C12H15BrClNO3S/c1-8(9-4-5-18-7-9)15-19(16,17)12-3-2-10(13)6-11(12)14/h2-3,6,8-9,15H,4-5,7H2,1H3. The van der Waals surface area contributed by atoms with Crippen molar-refractivity contribution < 1.29 is 13.2 Å². The van der Waals surface area contributed by atoms with E-state index in [-0.39, 0.29) is 21.9 Å². The Morgan fingerprint density at radius 3 is 2.84 bits per heavy atom. The van der Waals surface area contributed by atoms with Crippen LogP contribution in [0.4, 0.5) is 0 Å². The molecule has 0 radical (unpaired) electrons. The Bertz CT molecular complexity index is 558. The molecule has 1 aromatic carbocycles. The van der Waals surface area contributed by atoms with Gasteiger partial charge < -0.3 is 4.74 Å². The molecule has 0 aromatic heterocycles. The third-order valence-electron chi connectivity index (χ3n) is 3.20.